The molecule has 0 saturated carbocycles. The van der Waals surface area contributed by atoms with Crippen molar-refractivity contribution in [1.82, 2.24) is 0 Å². The number of benzene rings is 2. The molecule has 0 heterocycles. The minimum atomic E-state index is -1.52. The molecule has 0 aliphatic rings. The predicted octanol–water partition coefficient (Wildman–Crippen LogP) is -1.15. The molecule has 0 unspecified atom stereocenters. The summed E-state index contributed by atoms with van der Waals surface area (Å²) < 4.78 is 5.34. The summed E-state index contributed by atoms with van der Waals surface area (Å²) in [7, 11) is -2.60. The molecular weight excluding hydrogens is 256 g/mol. The highest BCUT2D eigenvalue weighted by Crippen LogP contribution is 2.03. The van der Waals surface area contributed by atoms with Crippen molar-refractivity contribution in [3.05, 3.63) is 54.1 Å². The lowest BCUT2D eigenvalue weighted by Crippen LogP contribution is -2.34. The zero-order valence-electron chi connectivity index (χ0n) is 10.8. The van der Waals surface area contributed by atoms with E-state index in [9.17, 15) is 5.02 Å². The van der Waals surface area contributed by atoms with E-state index >= 15 is 0 Å². The van der Waals surface area contributed by atoms with Gasteiger partial charge in [-0.05, 0) is 28.6 Å². The topological polar surface area (TPSA) is 95.9 Å². The SMILES string of the molecule is Nc1cccc(B(O)OCc2cccc(B(O)O)c2)c1. The molecule has 2 aromatic carbocycles. The van der Waals surface area contributed by atoms with Gasteiger partial charge in [-0.2, -0.15) is 0 Å². The van der Waals surface area contributed by atoms with Crippen LogP contribution < -0.4 is 16.7 Å². The average Bonchev–Trinajstić information content (AvgIpc) is 2.45. The van der Waals surface area contributed by atoms with Gasteiger partial charge in [0.15, 0.2) is 0 Å². The summed E-state index contributed by atoms with van der Waals surface area (Å²) in [6, 6.07) is 13.5. The van der Waals surface area contributed by atoms with Gasteiger partial charge in [0.05, 0.1) is 6.61 Å². The van der Waals surface area contributed by atoms with Gasteiger partial charge in [0.25, 0.3) is 0 Å². The van der Waals surface area contributed by atoms with Crippen molar-refractivity contribution in [1.29, 1.82) is 0 Å². The number of hydrogen-bond acceptors (Lipinski definition) is 5. The molecule has 0 spiro atoms. The van der Waals surface area contributed by atoms with E-state index in [0.717, 1.165) is 5.56 Å². The first-order valence-electron chi connectivity index (χ1n) is 6.16. The molecule has 0 saturated heterocycles. The highest BCUT2D eigenvalue weighted by atomic mass is 16.5. The van der Waals surface area contributed by atoms with Crippen LogP contribution >= 0.6 is 0 Å². The molecule has 0 aliphatic heterocycles. The third kappa shape index (κ3) is 3.85. The molecule has 2 rings (SSSR count). The molecule has 0 fully saturated rings. The van der Waals surface area contributed by atoms with Crippen LogP contribution in [0.1, 0.15) is 5.56 Å². The van der Waals surface area contributed by atoms with Crippen LogP contribution in [0.15, 0.2) is 48.5 Å². The Morgan fingerprint density at radius 1 is 0.950 bits per heavy atom. The van der Waals surface area contributed by atoms with Crippen LogP contribution in [0.2, 0.25) is 0 Å². The maximum absolute atomic E-state index is 9.91. The zero-order valence-corrected chi connectivity index (χ0v) is 10.8. The van der Waals surface area contributed by atoms with Crippen molar-refractivity contribution in [2.24, 2.45) is 0 Å². The highest BCUT2D eigenvalue weighted by Gasteiger charge is 2.17. The lowest BCUT2D eigenvalue weighted by atomic mass is 9.78. The fourth-order valence-corrected chi connectivity index (χ4v) is 1.83. The maximum atomic E-state index is 9.91. The second kappa shape index (κ2) is 6.58. The smallest absolute Gasteiger partial charge is 0.423 e. The Hall–Kier alpha value is -1.79. The van der Waals surface area contributed by atoms with Crippen LogP contribution in [0.4, 0.5) is 5.69 Å². The average molecular weight is 271 g/mol. The van der Waals surface area contributed by atoms with Gasteiger partial charge in [-0.15, -0.1) is 0 Å². The van der Waals surface area contributed by atoms with Crippen LogP contribution in [0.25, 0.3) is 0 Å². The summed E-state index contributed by atoms with van der Waals surface area (Å²) in [4.78, 5) is 0. The van der Waals surface area contributed by atoms with E-state index in [-0.39, 0.29) is 6.61 Å². The van der Waals surface area contributed by atoms with Crippen molar-refractivity contribution in [3.63, 3.8) is 0 Å². The number of rotatable bonds is 5. The van der Waals surface area contributed by atoms with E-state index in [0.29, 0.717) is 16.6 Å². The van der Waals surface area contributed by atoms with E-state index in [1.54, 1.807) is 48.5 Å². The third-order valence-electron chi connectivity index (χ3n) is 2.85. The van der Waals surface area contributed by atoms with Gasteiger partial charge in [0, 0.05) is 5.69 Å². The van der Waals surface area contributed by atoms with Crippen LogP contribution in [0, 0.1) is 0 Å². The number of hydrogen-bond donors (Lipinski definition) is 4. The molecular formula is C13H15B2NO4. The van der Waals surface area contributed by atoms with Gasteiger partial charge in [0.2, 0.25) is 0 Å². The lowest BCUT2D eigenvalue weighted by Gasteiger charge is -2.10. The van der Waals surface area contributed by atoms with Gasteiger partial charge < -0.3 is 25.5 Å². The van der Waals surface area contributed by atoms with E-state index < -0.39 is 14.2 Å². The van der Waals surface area contributed by atoms with E-state index in [1.165, 1.54) is 0 Å². The summed E-state index contributed by atoms with van der Waals surface area (Å²) in [6.45, 7) is 0.149. The largest absolute Gasteiger partial charge is 0.491 e. The highest BCUT2D eigenvalue weighted by molar-refractivity contribution is 6.60. The summed E-state index contributed by atoms with van der Waals surface area (Å²) in [5, 5.41) is 28.1. The molecule has 0 aromatic heterocycles. The Morgan fingerprint density at radius 2 is 1.65 bits per heavy atom. The summed E-state index contributed by atoms with van der Waals surface area (Å²) in [5.41, 5.74) is 7.87. The Bertz CT molecular complexity index is 580. The summed E-state index contributed by atoms with van der Waals surface area (Å²) >= 11 is 0. The molecule has 5 nitrogen and oxygen atoms in total. The Morgan fingerprint density at radius 3 is 2.35 bits per heavy atom. The molecule has 20 heavy (non-hydrogen) atoms. The van der Waals surface area contributed by atoms with Gasteiger partial charge in [-0.1, -0.05) is 36.4 Å². The number of nitrogen functional groups attached to an aromatic ring is 1. The second-order valence-corrected chi connectivity index (χ2v) is 4.45. The van der Waals surface area contributed by atoms with E-state index in [2.05, 4.69) is 0 Å². The van der Waals surface area contributed by atoms with Crippen molar-refractivity contribution in [2.75, 3.05) is 5.73 Å². The van der Waals surface area contributed by atoms with Gasteiger partial charge in [0.1, 0.15) is 0 Å². The monoisotopic (exact) mass is 271 g/mol. The number of anilines is 1. The third-order valence-corrected chi connectivity index (χ3v) is 2.85. The van der Waals surface area contributed by atoms with Crippen molar-refractivity contribution >= 4 is 30.8 Å². The van der Waals surface area contributed by atoms with Crippen LogP contribution in [0.5, 0.6) is 0 Å². The van der Waals surface area contributed by atoms with Crippen molar-refractivity contribution in [2.45, 2.75) is 6.61 Å². The second-order valence-electron chi connectivity index (χ2n) is 4.45. The fourth-order valence-electron chi connectivity index (χ4n) is 1.83. The summed E-state index contributed by atoms with van der Waals surface area (Å²) in [5.74, 6) is 0. The van der Waals surface area contributed by atoms with Gasteiger partial charge in [-0.3, -0.25) is 0 Å². The van der Waals surface area contributed by atoms with Crippen LogP contribution in [0.3, 0.4) is 0 Å². The minimum Gasteiger partial charge on any atom is -0.423 e. The Kier molecular flexibility index (Phi) is 4.81. The minimum absolute atomic E-state index is 0.149. The van der Waals surface area contributed by atoms with Gasteiger partial charge >= 0.3 is 14.2 Å². The molecule has 2 aromatic rings. The standard InChI is InChI=1S/C13H15B2NO4/c16-13-6-2-5-12(8-13)15(19)20-9-10-3-1-4-11(7-10)14(17)18/h1-8,17-19H,9,16H2. The first-order chi connectivity index (χ1) is 9.56. The first kappa shape index (κ1) is 14.6. The van der Waals surface area contributed by atoms with E-state index in [1.807, 2.05) is 0 Å². The fraction of sp³-hybridized carbons (Fsp3) is 0.0769. The first-order valence-corrected chi connectivity index (χ1v) is 6.16. The van der Waals surface area contributed by atoms with Crippen LogP contribution in [-0.4, -0.2) is 29.3 Å². The van der Waals surface area contributed by atoms with Crippen LogP contribution in [-0.2, 0) is 11.3 Å². The predicted molar refractivity (Wildman–Crippen MR) is 79.5 cm³/mol. The molecule has 102 valence electrons. The molecule has 0 amide bonds. The van der Waals surface area contributed by atoms with E-state index in [4.69, 9.17) is 20.4 Å². The molecule has 0 radical (unpaired) electrons. The molecule has 5 N–H and O–H groups in total. The zero-order chi connectivity index (χ0) is 14.5. The van der Waals surface area contributed by atoms with Crippen molar-refractivity contribution in [3.8, 4) is 0 Å². The Balaban J connectivity index is 1.99. The van der Waals surface area contributed by atoms with Crippen molar-refractivity contribution < 1.29 is 19.7 Å². The molecule has 7 heteroatoms. The molecule has 0 bridgehead atoms. The summed E-state index contributed by atoms with van der Waals surface area (Å²) in [6.07, 6.45) is 0. The maximum Gasteiger partial charge on any atom is 0.491 e. The van der Waals surface area contributed by atoms with Gasteiger partial charge in [-0.25, -0.2) is 0 Å². The normalized spacial score (nSPS) is 10.3. The quantitative estimate of drug-likeness (QED) is 0.407. The Labute approximate surface area is 117 Å². The molecule has 0 atom stereocenters. The molecule has 0 aliphatic carbocycles. The lowest BCUT2D eigenvalue weighted by molar-refractivity contribution is 0.259. The number of nitrogens with two attached hydrogens (primary N) is 1.